The van der Waals surface area contributed by atoms with Crippen molar-refractivity contribution in [3.05, 3.63) is 60.3 Å². The van der Waals surface area contributed by atoms with Crippen molar-refractivity contribution in [2.24, 2.45) is 0 Å². The third kappa shape index (κ3) is 7.81. The van der Waals surface area contributed by atoms with Crippen molar-refractivity contribution in [1.29, 1.82) is 0 Å². The summed E-state index contributed by atoms with van der Waals surface area (Å²) < 4.78 is 34.1. The first kappa shape index (κ1) is 27.7. The lowest BCUT2D eigenvalue weighted by molar-refractivity contribution is -0.138. The number of anilines is 1. The standard InChI is InChI=1S/C25H28N4O7S/c1-29(2)15-24(31)27-18-8-9-23(37(34,35)28-19(16-30)14-25(32)33)22(13-18)36-12-10-17-5-3-7-21-20(17)6-4-11-26-21/h3-9,11,13,16,19,28H,10,12,14-15H2,1-2H3,(H,27,31)(H,32,33)/t19-/m0/s1. The monoisotopic (exact) mass is 528 g/mol. The molecule has 11 nitrogen and oxygen atoms in total. The van der Waals surface area contributed by atoms with Crippen LogP contribution in [0.1, 0.15) is 12.0 Å². The molecule has 0 aliphatic rings. The van der Waals surface area contributed by atoms with Crippen LogP contribution in [-0.4, -0.2) is 74.9 Å². The number of fused-ring (bicyclic) bond motifs is 1. The van der Waals surface area contributed by atoms with Crippen LogP contribution in [-0.2, 0) is 30.8 Å². The number of ether oxygens (including phenoxy) is 1. The van der Waals surface area contributed by atoms with E-state index in [4.69, 9.17) is 9.84 Å². The first-order valence-electron chi connectivity index (χ1n) is 11.3. The lowest BCUT2D eigenvalue weighted by Crippen LogP contribution is -2.37. The van der Waals surface area contributed by atoms with Gasteiger partial charge in [-0.2, -0.15) is 0 Å². The molecule has 0 saturated carbocycles. The van der Waals surface area contributed by atoms with Crippen LogP contribution in [0.4, 0.5) is 5.69 Å². The number of aromatic nitrogens is 1. The van der Waals surface area contributed by atoms with E-state index in [-0.39, 0.29) is 36.0 Å². The fourth-order valence-corrected chi connectivity index (χ4v) is 4.93. The highest BCUT2D eigenvalue weighted by Crippen LogP contribution is 2.28. The number of carbonyl (C=O) groups is 3. The Morgan fingerprint density at radius 3 is 2.65 bits per heavy atom. The van der Waals surface area contributed by atoms with Crippen molar-refractivity contribution >= 4 is 44.8 Å². The number of aliphatic carboxylic acids is 1. The van der Waals surface area contributed by atoms with Gasteiger partial charge in [0.15, 0.2) is 0 Å². The van der Waals surface area contributed by atoms with E-state index in [1.807, 2.05) is 30.3 Å². The first-order valence-corrected chi connectivity index (χ1v) is 12.8. The molecule has 1 amide bonds. The van der Waals surface area contributed by atoms with Gasteiger partial charge < -0.3 is 24.9 Å². The Kier molecular flexibility index (Phi) is 9.28. The van der Waals surface area contributed by atoms with E-state index < -0.39 is 28.5 Å². The summed E-state index contributed by atoms with van der Waals surface area (Å²) in [5.41, 5.74) is 2.08. The molecule has 1 atom stereocenters. The summed E-state index contributed by atoms with van der Waals surface area (Å²) in [6, 6.07) is 12.0. The van der Waals surface area contributed by atoms with Gasteiger partial charge in [-0.3, -0.25) is 14.6 Å². The average Bonchev–Trinajstić information content (AvgIpc) is 2.82. The molecule has 0 saturated heterocycles. The molecule has 37 heavy (non-hydrogen) atoms. The van der Waals surface area contributed by atoms with Crippen molar-refractivity contribution < 1.29 is 32.6 Å². The lowest BCUT2D eigenvalue weighted by Gasteiger charge is -2.17. The molecule has 0 aliphatic carbocycles. The minimum absolute atomic E-state index is 0.0616. The molecular formula is C25H28N4O7S. The molecule has 1 heterocycles. The number of nitrogens with one attached hydrogen (secondary N) is 2. The number of carboxylic acids is 1. The normalized spacial score (nSPS) is 12.3. The minimum atomic E-state index is -4.34. The first-order chi connectivity index (χ1) is 17.6. The van der Waals surface area contributed by atoms with Gasteiger partial charge in [0, 0.05) is 29.8 Å². The molecule has 0 unspecified atom stereocenters. The third-order valence-electron chi connectivity index (χ3n) is 5.21. The maximum atomic E-state index is 13.0. The van der Waals surface area contributed by atoms with Gasteiger partial charge in [0.2, 0.25) is 15.9 Å². The quantitative estimate of drug-likeness (QED) is 0.281. The Labute approximate surface area is 214 Å². The molecule has 12 heteroatoms. The summed E-state index contributed by atoms with van der Waals surface area (Å²) in [6.45, 7) is 0.209. The Morgan fingerprint density at radius 2 is 1.95 bits per heavy atom. The van der Waals surface area contributed by atoms with E-state index in [0.29, 0.717) is 12.1 Å². The molecule has 0 spiro atoms. The van der Waals surface area contributed by atoms with Crippen LogP contribution in [0, 0.1) is 0 Å². The van der Waals surface area contributed by atoms with Gasteiger partial charge in [-0.15, -0.1) is 0 Å². The highest BCUT2D eigenvalue weighted by Gasteiger charge is 2.25. The zero-order chi connectivity index (χ0) is 27.0. The predicted octanol–water partition coefficient (Wildman–Crippen LogP) is 1.68. The zero-order valence-corrected chi connectivity index (χ0v) is 21.2. The SMILES string of the molecule is CN(C)CC(=O)Nc1ccc(S(=O)(=O)N[C@H](C=O)CC(=O)O)c(OCCc2cccc3ncccc23)c1. The topological polar surface area (TPSA) is 155 Å². The van der Waals surface area contributed by atoms with Gasteiger partial charge in [-0.05, 0) is 43.9 Å². The Bertz CT molecular complexity index is 1390. The summed E-state index contributed by atoms with van der Waals surface area (Å²) in [5.74, 6) is -1.70. The number of likely N-dealkylation sites (N-methyl/N-ethyl adjacent to an activating group) is 1. The highest BCUT2D eigenvalue weighted by atomic mass is 32.2. The molecule has 3 N–H and O–H groups in total. The molecule has 1 aromatic heterocycles. The second-order valence-electron chi connectivity index (χ2n) is 8.49. The van der Waals surface area contributed by atoms with Crippen LogP contribution in [0.3, 0.4) is 0 Å². The number of amides is 1. The van der Waals surface area contributed by atoms with Gasteiger partial charge >= 0.3 is 5.97 Å². The molecule has 196 valence electrons. The Balaban J connectivity index is 1.87. The molecule has 0 radical (unpaired) electrons. The van der Waals surface area contributed by atoms with E-state index in [2.05, 4.69) is 15.0 Å². The van der Waals surface area contributed by atoms with Crippen LogP contribution in [0.15, 0.2) is 59.6 Å². The predicted molar refractivity (Wildman–Crippen MR) is 137 cm³/mol. The average molecular weight is 529 g/mol. The second kappa shape index (κ2) is 12.4. The smallest absolute Gasteiger partial charge is 0.305 e. The van der Waals surface area contributed by atoms with E-state index in [0.717, 1.165) is 16.5 Å². The van der Waals surface area contributed by atoms with Crippen molar-refractivity contribution in [1.82, 2.24) is 14.6 Å². The number of pyridine rings is 1. The summed E-state index contributed by atoms with van der Waals surface area (Å²) in [5, 5.41) is 12.6. The summed E-state index contributed by atoms with van der Waals surface area (Å²) in [7, 11) is -0.872. The maximum Gasteiger partial charge on any atom is 0.305 e. The minimum Gasteiger partial charge on any atom is -0.492 e. The van der Waals surface area contributed by atoms with E-state index in [1.165, 1.54) is 18.2 Å². The lowest BCUT2D eigenvalue weighted by atomic mass is 10.1. The van der Waals surface area contributed by atoms with Gasteiger partial charge in [0.1, 0.15) is 16.9 Å². The fraction of sp³-hybridized carbons (Fsp3) is 0.280. The van der Waals surface area contributed by atoms with E-state index in [1.54, 1.807) is 25.2 Å². The number of nitrogens with zero attached hydrogens (tertiary/aromatic N) is 2. The van der Waals surface area contributed by atoms with Gasteiger partial charge in [-0.1, -0.05) is 18.2 Å². The number of benzene rings is 2. The van der Waals surface area contributed by atoms with Crippen LogP contribution in [0.5, 0.6) is 5.75 Å². The summed E-state index contributed by atoms with van der Waals surface area (Å²) in [6.07, 6.45) is 1.63. The number of rotatable bonds is 13. The largest absolute Gasteiger partial charge is 0.492 e. The van der Waals surface area contributed by atoms with Crippen molar-refractivity contribution in [2.75, 3.05) is 32.6 Å². The number of carbonyl (C=O) groups excluding carboxylic acids is 2. The molecule has 0 bridgehead atoms. The number of hydrogen-bond acceptors (Lipinski definition) is 8. The maximum absolute atomic E-state index is 13.0. The Morgan fingerprint density at radius 1 is 1.16 bits per heavy atom. The van der Waals surface area contributed by atoms with Crippen LogP contribution in [0.25, 0.3) is 10.9 Å². The molecule has 3 rings (SSSR count). The molecule has 0 aliphatic heterocycles. The van der Waals surface area contributed by atoms with Crippen LogP contribution in [0.2, 0.25) is 0 Å². The zero-order valence-electron chi connectivity index (χ0n) is 20.4. The van der Waals surface area contributed by atoms with Crippen LogP contribution < -0.4 is 14.8 Å². The van der Waals surface area contributed by atoms with Crippen molar-refractivity contribution in [3.8, 4) is 5.75 Å². The molecular weight excluding hydrogens is 500 g/mol. The van der Waals surface area contributed by atoms with Crippen molar-refractivity contribution in [3.63, 3.8) is 0 Å². The Hall–Kier alpha value is -3.87. The second-order valence-corrected chi connectivity index (χ2v) is 10.2. The summed E-state index contributed by atoms with van der Waals surface area (Å²) >= 11 is 0. The molecule has 0 fully saturated rings. The number of carboxylic acid groups (broad SMARTS) is 1. The number of sulfonamides is 1. The van der Waals surface area contributed by atoms with Gasteiger partial charge in [0.05, 0.1) is 31.1 Å². The van der Waals surface area contributed by atoms with Gasteiger partial charge in [0.25, 0.3) is 0 Å². The molecule has 2 aromatic carbocycles. The molecule has 3 aromatic rings. The van der Waals surface area contributed by atoms with E-state index in [9.17, 15) is 22.8 Å². The van der Waals surface area contributed by atoms with Crippen LogP contribution >= 0.6 is 0 Å². The highest BCUT2D eigenvalue weighted by molar-refractivity contribution is 7.89. The number of hydrogen-bond donors (Lipinski definition) is 3. The third-order valence-corrected chi connectivity index (χ3v) is 6.74. The van der Waals surface area contributed by atoms with Gasteiger partial charge in [-0.25, -0.2) is 13.1 Å². The fourth-order valence-electron chi connectivity index (χ4n) is 3.63. The number of aldehydes is 1. The van der Waals surface area contributed by atoms with E-state index >= 15 is 0 Å². The summed E-state index contributed by atoms with van der Waals surface area (Å²) in [4.78, 5) is 40.2. The van der Waals surface area contributed by atoms with Crippen molar-refractivity contribution in [2.45, 2.75) is 23.8 Å².